The number of guanidine groups is 1. The van der Waals surface area contributed by atoms with Crippen molar-refractivity contribution in [3.63, 3.8) is 0 Å². The molecule has 108 valence electrons. The van der Waals surface area contributed by atoms with Gasteiger partial charge in [-0.15, -0.1) is 0 Å². The zero-order valence-corrected chi connectivity index (χ0v) is 12.1. The maximum atomic E-state index is 11.5. The lowest BCUT2D eigenvalue weighted by Gasteiger charge is -2.22. The Balaban J connectivity index is 2.13. The molecular weight excluding hydrogens is 252 g/mol. The number of para-hydroxylation sites is 1. The van der Waals surface area contributed by atoms with Crippen molar-refractivity contribution in [2.45, 2.75) is 20.3 Å². The molecule has 1 aliphatic heterocycles. The van der Waals surface area contributed by atoms with Crippen LogP contribution in [0, 0.1) is 0 Å². The third kappa shape index (κ3) is 3.29. The minimum absolute atomic E-state index is 0.0459. The van der Waals surface area contributed by atoms with Gasteiger partial charge in [0.05, 0.1) is 0 Å². The fourth-order valence-corrected chi connectivity index (χ4v) is 2.35. The normalized spacial score (nSPS) is 14.1. The quantitative estimate of drug-likeness (QED) is 0.640. The van der Waals surface area contributed by atoms with Gasteiger partial charge in [-0.25, -0.2) is 4.99 Å². The Labute approximate surface area is 120 Å². The number of likely N-dealkylation sites (N-methyl/N-ethyl adjacent to an activating group) is 1. The molecule has 2 rings (SSSR count). The highest BCUT2D eigenvalue weighted by molar-refractivity contribution is 5.99. The molecule has 0 bridgehead atoms. The van der Waals surface area contributed by atoms with Crippen molar-refractivity contribution < 1.29 is 4.79 Å². The van der Waals surface area contributed by atoms with Crippen molar-refractivity contribution in [3.8, 4) is 0 Å². The molecule has 0 spiro atoms. The molecule has 0 aromatic heterocycles. The monoisotopic (exact) mass is 274 g/mol. The molecule has 0 saturated heterocycles. The summed E-state index contributed by atoms with van der Waals surface area (Å²) in [5, 5.41) is 6.02. The highest BCUT2D eigenvalue weighted by atomic mass is 16.1. The molecule has 1 heterocycles. The topological polar surface area (TPSA) is 56.7 Å². The van der Waals surface area contributed by atoms with Crippen LogP contribution in [0.5, 0.6) is 0 Å². The minimum atomic E-state index is -0.0459. The van der Waals surface area contributed by atoms with Crippen LogP contribution in [-0.4, -0.2) is 38.0 Å². The second-order valence-electron chi connectivity index (χ2n) is 4.65. The fraction of sp³-hybridized carbons (Fsp3) is 0.467. The number of aliphatic imine (C=N–C) groups is 1. The van der Waals surface area contributed by atoms with E-state index in [4.69, 9.17) is 0 Å². The Morgan fingerprint density at radius 1 is 1.25 bits per heavy atom. The van der Waals surface area contributed by atoms with Crippen molar-refractivity contribution >= 4 is 17.6 Å². The summed E-state index contributed by atoms with van der Waals surface area (Å²) in [5.74, 6) is 0.735. The molecule has 5 nitrogen and oxygen atoms in total. The molecule has 1 aromatic rings. The Morgan fingerprint density at radius 3 is 2.75 bits per heavy atom. The highest BCUT2D eigenvalue weighted by Gasteiger charge is 2.22. The van der Waals surface area contributed by atoms with Gasteiger partial charge in [0.15, 0.2) is 5.96 Å². The number of anilines is 1. The number of carbonyl (C=O) groups is 1. The second kappa shape index (κ2) is 6.93. The largest absolute Gasteiger partial charge is 0.356 e. The lowest BCUT2D eigenvalue weighted by Crippen LogP contribution is -2.41. The van der Waals surface area contributed by atoms with E-state index in [-0.39, 0.29) is 12.5 Å². The molecule has 0 unspecified atom stereocenters. The second-order valence-corrected chi connectivity index (χ2v) is 4.65. The van der Waals surface area contributed by atoms with E-state index < -0.39 is 0 Å². The highest BCUT2D eigenvalue weighted by Crippen LogP contribution is 2.27. The molecule has 1 aromatic carbocycles. The van der Waals surface area contributed by atoms with Crippen molar-refractivity contribution in [1.29, 1.82) is 0 Å². The molecule has 0 aliphatic carbocycles. The molecular formula is C15H22N4O. The third-order valence-electron chi connectivity index (χ3n) is 3.22. The Bertz CT molecular complexity index is 498. The van der Waals surface area contributed by atoms with Gasteiger partial charge < -0.3 is 15.5 Å². The van der Waals surface area contributed by atoms with Crippen LogP contribution in [0.2, 0.25) is 0 Å². The average molecular weight is 274 g/mol. The van der Waals surface area contributed by atoms with E-state index in [0.717, 1.165) is 25.5 Å². The van der Waals surface area contributed by atoms with Gasteiger partial charge in [0.2, 0.25) is 5.91 Å². The maximum absolute atomic E-state index is 11.5. The molecule has 0 radical (unpaired) electrons. The number of benzene rings is 1. The van der Waals surface area contributed by atoms with Gasteiger partial charge in [-0.05, 0) is 31.9 Å². The van der Waals surface area contributed by atoms with Crippen molar-refractivity contribution in [2.24, 2.45) is 4.99 Å². The number of nitrogens with one attached hydrogen (secondary N) is 2. The molecule has 5 heteroatoms. The first kappa shape index (κ1) is 14.4. The molecule has 0 atom stereocenters. The first-order valence-electron chi connectivity index (χ1n) is 7.16. The average Bonchev–Trinajstić information content (AvgIpc) is 2.88. The summed E-state index contributed by atoms with van der Waals surface area (Å²) in [7, 11) is 0. The van der Waals surface area contributed by atoms with Gasteiger partial charge in [0.1, 0.15) is 6.54 Å². The number of fused-ring (bicyclic) bond motifs is 1. The Kier molecular flexibility index (Phi) is 4.98. The van der Waals surface area contributed by atoms with Crippen LogP contribution in [0.3, 0.4) is 0 Å². The van der Waals surface area contributed by atoms with Crippen molar-refractivity contribution in [1.82, 2.24) is 10.6 Å². The van der Waals surface area contributed by atoms with E-state index in [1.165, 1.54) is 11.3 Å². The van der Waals surface area contributed by atoms with Crippen LogP contribution in [0.1, 0.15) is 19.4 Å². The fourth-order valence-electron chi connectivity index (χ4n) is 2.35. The van der Waals surface area contributed by atoms with Crippen molar-refractivity contribution in [3.05, 3.63) is 29.8 Å². The van der Waals surface area contributed by atoms with Crippen molar-refractivity contribution in [2.75, 3.05) is 31.1 Å². The zero-order valence-electron chi connectivity index (χ0n) is 12.1. The summed E-state index contributed by atoms with van der Waals surface area (Å²) >= 11 is 0. The number of nitrogens with zero attached hydrogens (tertiary/aromatic N) is 2. The Morgan fingerprint density at radius 2 is 2.00 bits per heavy atom. The van der Waals surface area contributed by atoms with E-state index in [1.807, 2.05) is 19.9 Å². The molecule has 0 saturated carbocycles. The molecule has 20 heavy (non-hydrogen) atoms. The lowest BCUT2D eigenvalue weighted by molar-refractivity contribution is -0.119. The predicted molar refractivity (Wildman–Crippen MR) is 82.2 cm³/mol. The van der Waals surface area contributed by atoms with Gasteiger partial charge in [-0.2, -0.15) is 0 Å². The summed E-state index contributed by atoms with van der Waals surface area (Å²) in [5.41, 5.74) is 2.51. The SMILES string of the molecule is CCNC(=O)CN=C(NCC)N1CCc2ccccc21. The summed E-state index contributed by atoms with van der Waals surface area (Å²) in [6.07, 6.45) is 1.02. The van der Waals surface area contributed by atoms with Crippen LogP contribution < -0.4 is 15.5 Å². The Hall–Kier alpha value is -2.04. The van der Waals surface area contributed by atoms with Gasteiger partial charge in [-0.1, -0.05) is 18.2 Å². The van der Waals surface area contributed by atoms with E-state index in [2.05, 4.69) is 38.7 Å². The summed E-state index contributed by atoms with van der Waals surface area (Å²) < 4.78 is 0. The van der Waals surface area contributed by atoms with E-state index >= 15 is 0 Å². The van der Waals surface area contributed by atoms with Gasteiger partial charge >= 0.3 is 0 Å². The first-order chi connectivity index (χ1) is 9.76. The van der Waals surface area contributed by atoms with Crippen LogP contribution in [-0.2, 0) is 11.2 Å². The number of amides is 1. The number of hydrogen-bond donors (Lipinski definition) is 2. The van der Waals surface area contributed by atoms with E-state index in [9.17, 15) is 4.79 Å². The molecule has 1 aliphatic rings. The maximum Gasteiger partial charge on any atom is 0.241 e. The minimum Gasteiger partial charge on any atom is -0.356 e. The molecule has 0 fully saturated rings. The molecule has 2 N–H and O–H groups in total. The predicted octanol–water partition coefficient (Wildman–Crippen LogP) is 1.15. The zero-order chi connectivity index (χ0) is 14.4. The van der Waals surface area contributed by atoms with Crippen LogP contribution in [0.15, 0.2) is 29.3 Å². The van der Waals surface area contributed by atoms with Gasteiger partial charge in [0, 0.05) is 25.3 Å². The summed E-state index contributed by atoms with van der Waals surface area (Å²) in [6, 6.07) is 8.33. The molecule has 1 amide bonds. The standard InChI is InChI=1S/C15H22N4O/c1-3-16-14(20)11-18-15(17-4-2)19-10-9-12-7-5-6-8-13(12)19/h5-8H,3-4,9-11H2,1-2H3,(H,16,20)(H,17,18). The number of carbonyl (C=O) groups excluding carboxylic acids is 1. The third-order valence-corrected chi connectivity index (χ3v) is 3.22. The summed E-state index contributed by atoms with van der Waals surface area (Å²) in [4.78, 5) is 18.1. The lowest BCUT2D eigenvalue weighted by atomic mass is 10.2. The number of hydrogen-bond acceptors (Lipinski definition) is 2. The van der Waals surface area contributed by atoms with Crippen LogP contribution in [0.4, 0.5) is 5.69 Å². The smallest absolute Gasteiger partial charge is 0.241 e. The van der Waals surface area contributed by atoms with E-state index in [0.29, 0.717) is 6.54 Å². The number of rotatable bonds is 4. The first-order valence-corrected chi connectivity index (χ1v) is 7.16. The van der Waals surface area contributed by atoms with Gasteiger partial charge in [0.25, 0.3) is 0 Å². The summed E-state index contributed by atoms with van der Waals surface area (Å²) in [6.45, 7) is 6.42. The van der Waals surface area contributed by atoms with Crippen LogP contribution in [0.25, 0.3) is 0 Å². The van der Waals surface area contributed by atoms with Gasteiger partial charge in [-0.3, -0.25) is 4.79 Å². The van der Waals surface area contributed by atoms with Crippen LogP contribution >= 0.6 is 0 Å². The van der Waals surface area contributed by atoms with E-state index in [1.54, 1.807) is 0 Å².